The molecule has 11 heteroatoms. The number of fused-ring (bicyclic) bond motifs is 1. The molecular formula is C27H25N3O7S. The molecule has 0 bridgehead atoms. The van der Waals surface area contributed by atoms with Gasteiger partial charge in [-0.25, -0.2) is 4.79 Å². The van der Waals surface area contributed by atoms with Crippen LogP contribution in [-0.4, -0.2) is 49.2 Å². The Labute approximate surface area is 218 Å². The van der Waals surface area contributed by atoms with Gasteiger partial charge in [0.15, 0.2) is 0 Å². The highest BCUT2D eigenvalue weighted by Crippen LogP contribution is 2.34. The summed E-state index contributed by atoms with van der Waals surface area (Å²) in [6.07, 6.45) is 0.715. The topological polar surface area (TPSA) is 180 Å². The Bertz CT molecular complexity index is 1620. The Morgan fingerprint density at radius 2 is 1.47 bits per heavy atom. The Hall–Kier alpha value is -4.74. The van der Waals surface area contributed by atoms with Crippen molar-refractivity contribution in [3.63, 3.8) is 0 Å². The second-order valence-electron chi connectivity index (χ2n) is 8.14. The number of aromatic carboxylic acids is 1. The first kappa shape index (κ1) is 27.8. The predicted octanol–water partition coefficient (Wildman–Crippen LogP) is 4.25. The second-order valence-corrected chi connectivity index (χ2v) is 9.61. The number of carboxylic acids is 1. The molecule has 1 amide bonds. The van der Waals surface area contributed by atoms with E-state index in [1.165, 1.54) is 13.2 Å². The highest BCUT2D eigenvalue weighted by atomic mass is 32.2. The van der Waals surface area contributed by atoms with Gasteiger partial charge in [0, 0.05) is 16.8 Å². The third-order valence-corrected chi connectivity index (χ3v) is 5.33. The molecule has 196 valence electrons. The molecule has 0 aliphatic rings. The Morgan fingerprint density at radius 1 is 0.895 bits per heavy atom. The van der Waals surface area contributed by atoms with Gasteiger partial charge in [0.25, 0.3) is 16.0 Å². The zero-order chi connectivity index (χ0) is 28.0. The van der Waals surface area contributed by atoms with Crippen molar-refractivity contribution in [1.82, 2.24) is 0 Å². The van der Waals surface area contributed by atoms with Crippen molar-refractivity contribution in [3.05, 3.63) is 95.6 Å². The van der Waals surface area contributed by atoms with Crippen molar-refractivity contribution < 1.29 is 32.4 Å². The van der Waals surface area contributed by atoms with E-state index >= 15 is 0 Å². The first-order chi connectivity index (χ1) is 17.9. The Kier molecular flexibility index (Phi) is 8.46. The van der Waals surface area contributed by atoms with Crippen LogP contribution in [0.5, 0.6) is 5.75 Å². The molecule has 4 rings (SSSR count). The van der Waals surface area contributed by atoms with E-state index in [4.69, 9.17) is 20.4 Å². The molecule has 0 aliphatic carbocycles. The van der Waals surface area contributed by atoms with Gasteiger partial charge in [0.2, 0.25) is 0 Å². The lowest BCUT2D eigenvalue weighted by atomic mass is 9.92. The fourth-order valence-corrected chi connectivity index (χ4v) is 3.64. The summed E-state index contributed by atoms with van der Waals surface area (Å²) in [5.74, 6) is -1.17. The van der Waals surface area contributed by atoms with Crippen LogP contribution in [0.4, 0.5) is 5.69 Å². The molecule has 6 N–H and O–H groups in total. The fraction of sp³-hybridized carbons (Fsp3) is 0.0741. The highest BCUT2D eigenvalue weighted by Gasteiger charge is 2.20. The number of carbonyl (C=O) groups is 2. The third-order valence-electron chi connectivity index (χ3n) is 5.33. The van der Waals surface area contributed by atoms with Crippen LogP contribution in [0.2, 0.25) is 0 Å². The first-order valence-electron chi connectivity index (χ1n) is 11.0. The number of carboxylic acid groups (broad SMARTS) is 1. The summed E-state index contributed by atoms with van der Waals surface area (Å²) in [5, 5.41) is 21.9. The maximum absolute atomic E-state index is 13.3. The molecular weight excluding hydrogens is 510 g/mol. The van der Waals surface area contributed by atoms with E-state index < -0.39 is 22.0 Å². The van der Waals surface area contributed by atoms with Crippen LogP contribution in [0, 0.1) is 5.41 Å². The lowest BCUT2D eigenvalue weighted by Gasteiger charge is -2.15. The van der Waals surface area contributed by atoms with Crippen LogP contribution in [-0.2, 0) is 10.1 Å². The summed E-state index contributed by atoms with van der Waals surface area (Å²) in [6.45, 7) is 0. The number of nitrogens with two attached hydrogens (primary N) is 1. The average Bonchev–Trinajstić information content (AvgIpc) is 2.86. The van der Waals surface area contributed by atoms with Crippen LogP contribution in [0.1, 0.15) is 26.3 Å². The zero-order valence-electron chi connectivity index (χ0n) is 20.4. The molecule has 0 spiro atoms. The standard InChI is InChI=1S/C26H21N3O4.CH4O3S/c1-33-19-10-11-20(23(14-19)26(31)32)21-12-16-4-2-3-5-17(16)13-22(21)25(30)29-18-8-6-15(7-9-18)24(27)28;1-5(2,3)4/h2-14H,1H3,(H3,27,28)(H,29,30)(H,31,32);1H3,(H,2,3,4). The van der Waals surface area contributed by atoms with Gasteiger partial charge in [-0.05, 0) is 76.5 Å². The summed E-state index contributed by atoms with van der Waals surface area (Å²) in [6, 6.07) is 22.5. The van der Waals surface area contributed by atoms with E-state index in [9.17, 15) is 23.1 Å². The minimum absolute atomic E-state index is 0.0319. The Morgan fingerprint density at radius 3 is 2.00 bits per heavy atom. The number of benzene rings is 4. The molecule has 4 aromatic carbocycles. The van der Waals surface area contributed by atoms with E-state index in [1.807, 2.05) is 30.3 Å². The van der Waals surface area contributed by atoms with Gasteiger partial charge in [-0.2, -0.15) is 8.42 Å². The minimum atomic E-state index is -3.67. The number of hydrogen-bond donors (Lipinski definition) is 5. The second kappa shape index (κ2) is 11.5. The maximum atomic E-state index is 13.3. The molecule has 0 aliphatic heterocycles. The van der Waals surface area contributed by atoms with Crippen LogP contribution in [0.15, 0.2) is 78.9 Å². The van der Waals surface area contributed by atoms with Crippen molar-refractivity contribution in [1.29, 1.82) is 5.41 Å². The number of hydrogen-bond acceptors (Lipinski definition) is 6. The zero-order valence-corrected chi connectivity index (χ0v) is 21.2. The summed E-state index contributed by atoms with van der Waals surface area (Å²) in [4.78, 5) is 25.3. The summed E-state index contributed by atoms with van der Waals surface area (Å²) in [5.41, 5.74) is 7.83. The quantitative estimate of drug-likeness (QED) is 0.138. The van der Waals surface area contributed by atoms with E-state index in [2.05, 4.69) is 5.32 Å². The van der Waals surface area contributed by atoms with Crippen LogP contribution < -0.4 is 15.8 Å². The largest absolute Gasteiger partial charge is 0.497 e. The van der Waals surface area contributed by atoms with Gasteiger partial charge < -0.3 is 20.9 Å². The monoisotopic (exact) mass is 535 g/mol. The van der Waals surface area contributed by atoms with Gasteiger partial charge >= 0.3 is 5.97 Å². The van der Waals surface area contributed by atoms with Crippen molar-refractivity contribution >= 4 is 44.3 Å². The highest BCUT2D eigenvalue weighted by molar-refractivity contribution is 7.85. The van der Waals surface area contributed by atoms with Gasteiger partial charge in [-0.15, -0.1) is 0 Å². The lowest BCUT2D eigenvalue weighted by molar-refractivity contribution is 0.0697. The first-order valence-corrected chi connectivity index (χ1v) is 12.8. The molecule has 0 atom stereocenters. The normalized spacial score (nSPS) is 10.7. The third kappa shape index (κ3) is 7.15. The number of amidine groups is 1. The minimum Gasteiger partial charge on any atom is -0.497 e. The van der Waals surface area contributed by atoms with Crippen molar-refractivity contribution in [3.8, 4) is 16.9 Å². The fourth-order valence-electron chi connectivity index (χ4n) is 3.64. The molecule has 4 aromatic rings. The molecule has 0 radical (unpaired) electrons. The summed E-state index contributed by atoms with van der Waals surface area (Å²) < 4.78 is 31.1. The Balaban J connectivity index is 0.000000732. The number of amides is 1. The van der Waals surface area contributed by atoms with Gasteiger partial charge in [-0.3, -0.25) is 14.8 Å². The number of nitrogens with one attached hydrogen (secondary N) is 2. The van der Waals surface area contributed by atoms with E-state index in [-0.39, 0.29) is 11.4 Å². The summed E-state index contributed by atoms with van der Waals surface area (Å²) in [7, 11) is -2.20. The number of nitrogen functional groups attached to an aromatic ring is 1. The number of anilines is 1. The molecule has 10 nitrogen and oxygen atoms in total. The summed E-state index contributed by atoms with van der Waals surface area (Å²) >= 11 is 0. The predicted molar refractivity (Wildman–Crippen MR) is 146 cm³/mol. The van der Waals surface area contributed by atoms with Crippen molar-refractivity contribution in [2.75, 3.05) is 18.7 Å². The van der Waals surface area contributed by atoms with Crippen molar-refractivity contribution in [2.45, 2.75) is 0 Å². The number of rotatable bonds is 6. The van der Waals surface area contributed by atoms with E-state index in [1.54, 1.807) is 42.5 Å². The average molecular weight is 536 g/mol. The van der Waals surface area contributed by atoms with E-state index in [0.717, 1.165) is 10.8 Å². The maximum Gasteiger partial charge on any atom is 0.336 e. The SMILES string of the molecule is COc1ccc(-c2cc3ccccc3cc2C(=O)Nc2ccc(C(=N)N)cc2)c(C(=O)O)c1.CS(=O)(=O)O. The lowest BCUT2D eigenvalue weighted by Crippen LogP contribution is -2.15. The molecule has 0 saturated heterocycles. The van der Waals surface area contributed by atoms with Crippen molar-refractivity contribution in [2.24, 2.45) is 5.73 Å². The van der Waals surface area contributed by atoms with Crippen LogP contribution in [0.25, 0.3) is 21.9 Å². The van der Waals surface area contributed by atoms with Gasteiger partial charge in [-0.1, -0.05) is 24.3 Å². The molecule has 0 aromatic heterocycles. The molecule has 0 saturated carbocycles. The number of carbonyl (C=O) groups excluding carboxylic acids is 1. The molecule has 0 heterocycles. The smallest absolute Gasteiger partial charge is 0.336 e. The molecule has 0 fully saturated rings. The van der Waals surface area contributed by atoms with Gasteiger partial charge in [0.1, 0.15) is 11.6 Å². The number of ether oxygens (including phenoxy) is 1. The van der Waals surface area contributed by atoms with Crippen LogP contribution >= 0.6 is 0 Å². The molecule has 0 unspecified atom stereocenters. The number of methoxy groups -OCH3 is 1. The van der Waals surface area contributed by atoms with E-state index in [0.29, 0.717) is 39.9 Å². The molecule has 38 heavy (non-hydrogen) atoms. The van der Waals surface area contributed by atoms with Gasteiger partial charge in [0.05, 0.1) is 18.9 Å². The van der Waals surface area contributed by atoms with Crippen LogP contribution in [0.3, 0.4) is 0 Å².